The van der Waals surface area contributed by atoms with E-state index in [0.29, 0.717) is 12.1 Å². The largest absolute Gasteiger partial charge is 0.508 e. The van der Waals surface area contributed by atoms with Crippen LogP contribution in [0.15, 0.2) is 30.8 Å². The lowest BCUT2D eigenvalue weighted by molar-refractivity contribution is 0.0523. The van der Waals surface area contributed by atoms with Crippen LogP contribution in [0.4, 0.5) is 4.79 Å². The third kappa shape index (κ3) is 4.91. The number of carbonyl (C=O) groups excluding carboxylic acids is 1. The number of benzene rings is 1. The summed E-state index contributed by atoms with van der Waals surface area (Å²) >= 11 is 0. The van der Waals surface area contributed by atoms with Gasteiger partial charge in [-0.3, -0.25) is 0 Å². The normalized spacial score (nSPS) is 10.8. The summed E-state index contributed by atoms with van der Waals surface area (Å²) in [6.07, 6.45) is -0.446. The van der Waals surface area contributed by atoms with Crippen molar-refractivity contribution < 1.29 is 14.6 Å². The molecule has 0 unspecified atom stereocenters. The quantitative estimate of drug-likeness (QED) is 0.808. The van der Waals surface area contributed by atoms with Crippen LogP contribution in [0, 0.1) is 0 Å². The second-order valence-corrected chi connectivity index (χ2v) is 5.00. The van der Waals surface area contributed by atoms with Gasteiger partial charge in [-0.1, -0.05) is 30.8 Å². The van der Waals surface area contributed by atoms with E-state index in [0.717, 1.165) is 5.56 Å². The molecule has 0 saturated carbocycles. The Morgan fingerprint density at radius 3 is 2.33 bits per heavy atom. The molecule has 1 aromatic carbocycles. The van der Waals surface area contributed by atoms with Crippen LogP contribution in [0.25, 0.3) is 5.76 Å². The molecule has 98 valence electrons. The molecule has 0 spiro atoms. The maximum Gasteiger partial charge on any atom is 0.407 e. The lowest BCUT2D eigenvalue weighted by Gasteiger charge is -2.19. The first-order chi connectivity index (χ1) is 8.28. The smallest absolute Gasteiger partial charge is 0.407 e. The lowest BCUT2D eigenvalue weighted by Crippen LogP contribution is -2.32. The maximum absolute atomic E-state index is 11.4. The molecule has 2 N–H and O–H groups in total. The van der Waals surface area contributed by atoms with Gasteiger partial charge in [0.05, 0.1) is 0 Å². The number of hydrogen-bond acceptors (Lipinski definition) is 3. The molecule has 0 bridgehead atoms. The molecule has 1 rings (SSSR count). The summed E-state index contributed by atoms with van der Waals surface area (Å²) in [6.45, 7) is 9.26. The van der Waals surface area contributed by atoms with Crippen molar-refractivity contribution >= 4 is 11.9 Å². The Bertz CT molecular complexity index is 429. The first kappa shape index (κ1) is 14.1. The summed E-state index contributed by atoms with van der Waals surface area (Å²) in [5.41, 5.74) is 1.09. The van der Waals surface area contributed by atoms with Gasteiger partial charge in [0.2, 0.25) is 0 Å². The van der Waals surface area contributed by atoms with E-state index in [-0.39, 0.29) is 5.76 Å². The Labute approximate surface area is 107 Å². The topological polar surface area (TPSA) is 58.6 Å². The van der Waals surface area contributed by atoms with Gasteiger partial charge in [0, 0.05) is 12.1 Å². The molecular weight excluding hydrogens is 230 g/mol. The molecule has 0 saturated heterocycles. The van der Waals surface area contributed by atoms with E-state index < -0.39 is 11.7 Å². The Morgan fingerprint density at radius 2 is 1.89 bits per heavy atom. The van der Waals surface area contributed by atoms with Gasteiger partial charge in [-0.2, -0.15) is 0 Å². The highest BCUT2D eigenvalue weighted by Gasteiger charge is 2.15. The summed E-state index contributed by atoms with van der Waals surface area (Å²) in [5, 5.41) is 11.8. The number of nitrogens with one attached hydrogen (secondary N) is 1. The second-order valence-electron chi connectivity index (χ2n) is 5.00. The predicted octanol–water partition coefficient (Wildman–Crippen LogP) is 3.24. The van der Waals surface area contributed by atoms with E-state index in [9.17, 15) is 9.90 Å². The number of rotatable bonds is 3. The molecule has 18 heavy (non-hydrogen) atoms. The van der Waals surface area contributed by atoms with Crippen molar-refractivity contribution in [3.05, 3.63) is 42.0 Å². The molecule has 0 aliphatic rings. The van der Waals surface area contributed by atoms with Crippen molar-refractivity contribution in [3.63, 3.8) is 0 Å². The van der Waals surface area contributed by atoms with Gasteiger partial charge >= 0.3 is 6.09 Å². The second kappa shape index (κ2) is 5.58. The molecule has 4 nitrogen and oxygen atoms in total. The Morgan fingerprint density at radius 1 is 1.33 bits per heavy atom. The van der Waals surface area contributed by atoms with Crippen LogP contribution in [-0.2, 0) is 11.3 Å². The first-order valence-corrected chi connectivity index (χ1v) is 5.72. The summed E-state index contributed by atoms with van der Waals surface area (Å²) in [5.74, 6) is 0.0293. The van der Waals surface area contributed by atoms with Crippen molar-refractivity contribution in [1.82, 2.24) is 5.32 Å². The van der Waals surface area contributed by atoms with Crippen LogP contribution in [0.3, 0.4) is 0 Å². The molecule has 0 aliphatic carbocycles. The average molecular weight is 249 g/mol. The fourth-order valence-corrected chi connectivity index (χ4v) is 1.30. The fraction of sp³-hybridized carbons (Fsp3) is 0.357. The van der Waals surface area contributed by atoms with Crippen molar-refractivity contribution in [3.8, 4) is 0 Å². The van der Waals surface area contributed by atoms with E-state index >= 15 is 0 Å². The summed E-state index contributed by atoms with van der Waals surface area (Å²) in [7, 11) is 0. The number of amides is 1. The average Bonchev–Trinajstić information content (AvgIpc) is 2.24. The van der Waals surface area contributed by atoms with Gasteiger partial charge < -0.3 is 15.2 Å². The van der Waals surface area contributed by atoms with E-state index in [4.69, 9.17) is 4.74 Å². The summed E-state index contributed by atoms with van der Waals surface area (Å²) in [6, 6.07) is 7.12. The summed E-state index contributed by atoms with van der Waals surface area (Å²) < 4.78 is 5.12. The van der Waals surface area contributed by atoms with Crippen molar-refractivity contribution in [1.29, 1.82) is 0 Å². The SMILES string of the molecule is C=C(O)c1ccc(CNC(=O)OC(C)(C)C)cc1. The number of hydrogen-bond donors (Lipinski definition) is 2. The molecule has 1 aromatic rings. The van der Waals surface area contributed by atoms with Crippen molar-refractivity contribution in [2.75, 3.05) is 0 Å². The van der Waals surface area contributed by atoms with Gasteiger partial charge in [-0.15, -0.1) is 0 Å². The minimum Gasteiger partial charge on any atom is -0.508 e. The summed E-state index contributed by atoms with van der Waals surface area (Å²) in [4.78, 5) is 11.4. The standard InChI is InChI=1S/C14H19NO3/c1-10(16)12-7-5-11(6-8-12)9-15-13(17)18-14(2,3)4/h5-8,16H,1,9H2,2-4H3,(H,15,17). The van der Waals surface area contributed by atoms with Crippen LogP contribution in [0.1, 0.15) is 31.9 Å². The van der Waals surface area contributed by atoms with Gasteiger partial charge in [-0.05, 0) is 26.3 Å². The lowest BCUT2D eigenvalue weighted by atomic mass is 10.1. The van der Waals surface area contributed by atoms with Gasteiger partial charge in [-0.25, -0.2) is 4.79 Å². The van der Waals surface area contributed by atoms with Crippen LogP contribution < -0.4 is 5.32 Å². The maximum atomic E-state index is 11.4. The number of aliphatic hydroxyl groups is 1. The highest BCUT2D eigenvalue weighted by atomic mass is 16.6. The van der Waals surface area contributed by atoms with Crippen molar-refractivity contribution in [2.24, 2.45) is 0 Å². The third-order valence-electron chi connectivity index (χ3n) is 2.12. The van der Waals surface area contributed by atoms with Crippen LogP contribution in [0.5, 0.6) is 0 Å². The van der Waals surface area contributed by atoms with Gasteiger partial charge in [0.15, 0.2) is 0 Å². The predicted molar refractivity (Wildman–Crippen MR) is 71.2 cm³/mol. The molecule has 1 amide bonds. The zero-order valence-electron chi connectivity index (χ0n) is 11.0. The Hall–Kier alpha value is -1.97. The minimum absolute atomic E-state index is 0.0293. The Balaban J connectivity index is 2.49. The van der Waals surface area contributed by atoms with E-state index in [1.165, 1.54) is 0 Å². The Kier molecular flexibility index (Phi) is 4.37. The number of ether oxygens (including phenoxy) is 1. The molecule has 0 heterocycles. The van der Waals surface area contributed by atoms with Crippen LogP contribution >= 0.6 is 0 Å². The van der Waals surface area contributed by atoms with Gasteiger partial charge in [0.1, 0.15) is 11.4 Å². The molecular formula is C14H19NO3. The molecule has 4 heteroatoms. The monoisotopic (exact) mass is 249 g/mol. The number of carbonyl (C=O) groups is 1. The third-order valence-corrected chi connectivity index (χ3v) is 2.12. The zero-order valence-corrected chi connectivity index (χ0v) is 11.0. The van der Waals surface area contributed by atoms with Crippen LogP contribution in [-0.4, -0.2) is 16.8 Å². The molecule has 0 aromatic heterocycles. The zero-order chi connectivity index (χ0) is 13.8. The van der Waals surface area contributed by atoms with E-state index in [1.807, 2.05) is 32.9 Å². The first-order valence-electron chi connectivity index (χ1n) is 5.72. The highest BCUT2D eigenvalue weighted by molar-refractivity contribution is 5.67. The minimum atomic E-state index is -0.497. The van der Waals surface area contributed by atoms with Crippen LogP contribution in [0.2, 0.25) is 0 Å². The molecule has 0 aliphatic heterocycles. The molecule has 0 atom stereocenters. The van der Waals surface area contributed by atoms with Crippen molar-refractivity contribution in [2.45, 2.75) is 32.9 Å². The highest BCUT2D eigenvalue weighted by Crippen LogP contribution is 2.11. The molecule has 0 radical (unpaired) electrons. The fourth-order valence-electron chi connectivity index (χ4n) is 1.30. The van der Waals surface area contributed by atoms with E-state index in [1.54, 1.807) is 12.1 Å². The number of alkyl carbamates (subject to hydrolysis) is 1. The van der Waals surface area contributed by atoms with Gasteiger partial charge in [0.25, 0.3) is 0 Å². The molecule has 0 fully saturated rings. The number of aliphatic hydroxyl groups excluding tert-OH is 1. The van der Waals surface area contributed by atoms with E-state index in [2.05, 4.69) is 11.9 Å².